The molecule has 6 nitrogen and oxygen atoms in total. The Bertz CT molecular complexity index is 712. The van der Waals surface area contributed by atoms with Crippen molar-refractivity contribution >= 4 is 21.8 Å². The fourth-order valence-electron chi connectivity index (χ4n) is 1.86. The average molecular weight is 337 g/mol. The molecule has 1 aromatic carbocycles. The lowest BCUT2D eigenvalue weighted by Gasteiger charge is -2.12. The number of carbonyl (C=O) groups is 1. The van der Waals surface area contributed by atoms with Crippen LogP contribution in [-0.2, 0) is 6.54 Å². The highest BCUT2D eigenvalue weighted by Crippen LogP contribution is 2.11. The average Bonchev–Trinajstić information content (AvgIpc) is 2.47. The number of carbonyl (C=O) groups excluding carboxylic acids is 1. The topological polar surface area (TPSA) is 90.0 Å². The highest BCUT2D eigenvalue weighted by atomic mass is 79.9. The summed E-state index contributed by atoms with van der Waals surface area (Å²) in [4.78, 5) is 27.9. The molecule has 2 aromatic rings. The lowest BCUT2D eigenvalue weighted by atomic mass is 10.1. The molecule has 0 spiro atoms. The molecule has 0 bridgehead atoms. The number of rotatable bonds is 3. The Kier molecular flexibility index (Phi) is 4.31. The molecule has 0 radical (unpaired) electrons. The lowest BCUT2D eigenvalue weighted by molar-refractivity contribution is 0.0952. The molecule has 1 aromatic heterocycles. The molecule has 1 heterocycles. The first-order valence-electron chi connectivity index (χ1n) is 5.85. The van der Waals surface area contributed by atoms with Crippen molar-refractivity contribution in [3.05, 3.63) is 62.2 Å². The zero-order valence-electron chi connectivity index (χ0n) is 10.8. The highest BCUT2D eigenvalue weighted by Gasteiger charge is 2.12. The van der Waals surface area contributed by atoms with Crippen molar-refractivity contribution in [3.63, 3.8) is 0 Å². The minimum atomic E-state index is -0.394. The van der Waals surface area contributed by atoms with Gasteiger partial charge in [-0.2, -0.15) is 0 Å². The van der Waals surface area contributed by atoms with Gasteiger partial charge in [-0.3, -0.25) is 19.6 Å². The van der Waals surface area contributed by atoms with E-state index in [9.17, 15) is 9.59 Å². The van der Waals surface area contributed by atoms with Gasteiger partial charge in [0, 0.05) is 11.8 Å². The molecule has 0 unspecified atom stereocenters. The molecule has 0 atom stereocenters. The molecule has 7 heteroatoms. The van der Waals surface area contributed by atoms with Crippen molar-refractivity contribution in [2.24, 2.45) is 5.84 Å². The Morgan fingerprint density at radius 3 is 2.85 bits per heavy atom. The number of nitrogens with one attached hydrogen (secondary N) is 1. The number of nitrogens with zero attached hydrogens (tertiary/aromatic N) is 2. The van der Waals surface area contributed by atoms with Crippen molar-refractivity contribution in [2.75, 3.05) is 0 Å². The summed E-state index contributed by atoms with van der Waals surface area (Å²) in [6, 6.07) is 6.97. The van der Waals surface area contributed by atoms with Gasteiger partial charge in [0.05, 0.1) is 6.54 Å². The summed E-state index contributed by atoms with van der Waals surface area (Å²) in [6.45, 7) is 1.99. The Labute approximate surface area is 123 Å². The Morgan fingerprint density at radius 2 is 2.15 bits per heavy atom. The molecular formula is C13H13BrN4O2. The van der Waals surface area contributed by atoms with Gasteiger partial charge in [-0.15, -0.1) is 0 Å². The Balaban J connectivity index is 2.49. The second-order valence-electron chi connectivity index (χ2n) is 4.18. The third-order valence-corrected chi connectivity index (χ3v) is 3.47. The Hall–Kier alpha value is -1.99. The molecule has 0 aliphatic rings. The van der Waals surface area contributed by atoms with E-state index in [1.54, 1.807) is 31.2 Å². The zero-order chi connectivity index (χ0) is 14.7. The summed E-state index contributed by atoms with van der Waals surface area (Å²) < 4.78 is 1.87. The van der Waals surface area contributed by atoms with Gasteiger partial charge in [-0.25, -0.2) is 10.8 Å². The van der Waals surface area contributed by atoms with Crippen LogP contribution >= 0.6 is 15.9 Å². The second-order valence-corrected chi connectivity index (χ2v) is 5.03. The number of aromatic nitrogens is 2. The standard InChI is InChI=1S/C13H13BrN4O2/c1-8-16-6-11(14)13(20)18(8)7-9-4-2-3-5-10(9)12(19)17-15/h2-6H,7,15H2,1H3,(H,17,19). The van der Waals surface area contributed by atoms with E-state index < -0.39 is 5.91 Å². The molecule has 0 aliphatic carbocycles. The maximum Gasteiger partial charge on any atom is 0.268 e. The smallest absolute Gasteiger partial charge is 0.268 e. The minimum absolute atomic E-state index is 0.194. The second kappa shape index (κ2) is 5.98. The van der Waals surface area contributed by atoms with Crippen LogP contribution in [0.15, 0.2) is 39.7 Å². The normalized spacial score (nSPS) is 10.3. The number of hydrogen-bond acceptors (Lipinski definition) is 4. The SMILES string of the molecule is Cc1ncc(Br)c(=O)n1Cc1ccccc1C(=O)NN. The number of hydrogen-bond donors (Lipinski definition) is 2. The van der Waals surface area contributed by atoms with Crippen LogP contribution in [0.2, 0.25) is 0 Å². The Morgan fingerprint density at radius 1 is 1.45 bits per heavy atom. The van der Waals surface area contributed by atoms with E-state index in [4.69, 9.17) is 5.84 Å². The summed E-state index contributed by atoms with van der Waals surface area (Å²) in [5, 5.41) is 0. The first kappa shape index (κ1) is 14.4. The van der Waals surface area contributed by atoms with Crippen LogP contribution in [0, 0.1) is 6.92 Å². The molecule has 104 valence electrons. The first-order chi connectivity index (χ1) is 9.54. The van der Waals surface area contributed by atoms with E-state index in [-0.39, 0.29) is 12.1 Å². The van der Waals surface area contributed by atoms with Gasteiger partial charge in [0.25, 0.3) is 11.5 Å². The molecule has 0 aliphatic heterocycles. The van der Waals surface area contributed by atoms with Crippen LogP contribution in [0.4, 0.5) is 0 Å². The van der Waals surface area contributed by atoms with E-state index in [1.807, 2.05) is 0 Å². The van der Waals surface area contributed by atoms with Gasteiger partial charge in [-0.05, 0) is 34.5 Å². The van der Waals surface area contributed by atoms with E-state index in [0.717, 1.165) is 0 Å². The predicted octanol–water partition coefficient (Wildman–Crippen LogP) is 0.966. The van der Waals surface area contributed by atoms with Crippen LogP contribution in [0.25, 0.3) is 0 Å². The van der Waals surface area contributed by atoms with Crippen molar-refractivity contribution in [2.45, 2.75) is 13.5 Å². The fourth-order valence-corrected chi connectivity index (χ4v) is 2.18. The summed E-state index contributed by atoms with van der Waals surface area (Å²) in [5.74, 6) is 5.34. The largest absolute Gasteiger partial charge is 0.291 e. The minimum Gasteiger partial charge on any atom is -0.291 e. The zero-order valence-corrected chi connectivity index (χ0v) is 12.3. The lowest BCUT2D eigenvalue weighted by Crippen LogP contribution is -2.32. The van der Waals surface area contributed by atoms with Gasteiger partial charge in [-0.1, -0.05) is 18.2 Å². The number of nitrogen functional groups attached to an aromatic ring is 1. The van der Waals surface area contributed by atoms with Crippen LogP contribution < -0.4 is 16.8 Å². The number of amides is 1. The van der Waals surface area contributed by atoms with Gasteiger partial charge in [0.2, 0.25) is 0 Å². The molecular weight excluding hydrogens is 324 g/mol. The number of nitrogens with two attached hydrogens (primary N) is 1. The summed E-state index contributed by atoms with van der Waals surface area (Å²) in [5.41, 5.74) is 3.03. The highest BCUT2D eigenvalue weighted by molar-refractivity contribution is 9.10. The number of benzene rings is 1. The molecule has 20 heavy (non-hydrogen) atoms. The summed E-state index contributed by atoms with van der Waals surface area (Å²) >= 11 is 3.16. The van der Waals surface area contributed by atoms with Crippen molar-refractivity contribution in [1.29, 1.82) is 0 Å². The third kappa shape index (κ3) is 2.78. The number of halogens is 1. The van der Waals surface area contributed by atoms with Crippen molar-refractivity contribution < 1.29 is 4.79 Å². The summed E-state index contributed by atoms with van der Waals surface area (Å²) in [6.07, 6.45) is 1.46. The van der Waals surface area contributed by atoms with E-state index in [1.165, 1.54) is 10.8 Å². The fraction of sp³-hybridized carbons (Fsp3) is 0.154. The third-order valence-electron chi connectivity index (χ3n) is 2.93. The molecule has 0 saturated heterocycles. The maximum absolute atomic E-state index is 12.1. The quantitative estimate of drug-likeness (QED) is 0.496. The van der Waals surface area contributed by atoms with Crippen LogP contribution in [-0.4, -0.2) is 15.5 Å². The first-order valence-corrected chi connectivity index (χ1v) is 6.64. The molecule has 0 fully saturated rings. The molecule has 0 saturated carbocycles. The van der Waals surface area contributed by atoms with Gasteiger partial charge in [0.1, 0.15) is 10.3 Å². The van der Waals surface area contributed by atoms with Gasteiger partial charge >= 0.3 is 0 Å². The van der Waals surface area contributed by atoms with Crippen molar-refractivity contribution in [3.8, 4) is 0 Å². The molecule has 1 amide bonds. The molecule has 2 rings (SSSR count). The monoisotopic (exact) mass is 336 g/mol. The maximum atomic E-state index is 12.1. The van der Waals surface area contributed by atoms with Crippen LogP contribution in [0.1, 0.15) is 21.7 Å². The molecule has 3 N–H and O–H groups in total. The van der Waals surface area contributed by atoms with Crippen LogP contribution in [0.5, 0.6) is 0 Å². The van der Waals surface area contributed by atoms with Gasteiger partial charge in [0.15, 0.2) is 0 Å². The van der Waals surface area contributed by atoms with Gasteiger partial charge < -0.3 is 0 Å². The van der Waals surface area contributed by atoms with Crippen LogP contribution in [0.3, 0.4) is 0 Å². The number of aryl methyl sites for hydroxylation is 1. The van der Waals surface area contributed by atoms with E-state index >= 15 is 0 Å². The van der Waals surface area contributed by atoms with Crippen molar-refractivity contribution in [1.82, 2.24) is 15.0 Å². The predicted molar refractivity (Wildman–Crippen MR) is 78.1 cm³/mol. The van der Waals surface area contributed by atoms with E-state index in [0.29, 0.717) is 21.4 Å². The number of hydrazine groups is 1. The van der Waals surface area contributed by atoms with E-state index in [2.05, 4.69) is 26.3 Å². The summed E-state index contributed by atoms with van der Waals surface area (Å²) in [7, 11) is 0.